The zero-order valence-corrected chi connectivity index (χ0v) is 16.6. The van der Waals surface area contributed by atoms with Gasteiger partial charge in [-0.15, -0.1) is 0 Å². The van der Waals surface area contributed by atoms with Crippen molar-refractivity contribution in [1.82, 2.24) is 9.97 Å². The van der Waals surface area contributed by atoms with Crippen molar-refractivity contribution in [3.05, 3.63) is 36.0 Å². The summed E-state index contributed by atoms with van der Waals surface area (Å²) in [5.41, 5.74) is 8.39. The summed E-state index contributed by atoms with van der Waals surface area (Å²) in [7, 11) is 1.41. The van der Waals surface area contributed by atoms with Crippen molar-refractivity contribution in [3.63, 3.8) is 0 Å². The van der Waals surface area contributed by atoms with Gasteiger partial charge in [-0.25, -0.2) is 19.7 Å². The molecule has 146 valence electrons. The molecule has 1 aromatic carbocycles. The van der Waals surface area contributed by atoms with E-state index in [1.54, 1.807) is 12.3 Å². The highest BCUT2D eigenvalue weighted by Gasteiger charge is 2.21. The van der Waals surface area contributed by atoms with Crippen molar-refractivity contribution < 1.29 is 14.6 Å². The molecule has 0 aliphatic heterocycles. The third-order valence-corrected chi connectivity index (χ3v) is 4.13. The quantitative estimate of drug-likeness (QED) is 0.768. The molecule has 0 aliphatic rings. The Kier molecular flexibility index (Phi) is 6.38. The molecule has 7 heteroatoms. The van der Waals surface area contributed by atoms with Crippen molar-refractivity contribution in [3.8, 4) is 17.0 Å². The third-order valence-electron chi connectivity index (χ3n) is 4.13. The minimum absolute atomic E-state index is 0.130. The van der Waals surface area contributed by atoms with E-state index in [0.717, 1.165) is 28.2 Å². The predicted molar refractivity (Wildman–Crippen MR) is 106 cm³/mol. The first-order valence-corrected chi connectivity index (χ1v) is 8.91. The number of nitrogens with zero attached hydrogens (tertiary/aromatic N) is 3. The summed E-state index contributed by atoms with van der Waals surface area (Å²) in [6, 6.07) is 7.48. The fourth-order valence-electron chi connectivity index (χ4n) is 2.96. The molecule has 1 amide bonds. The predicted octanol–water partition coefficient (Wildman–Crippen LogP) is 3.71. The first-order chi connectivity index (χ1) is 12.6. The van der Waals surface area contributed by atoms with Crippen molar-refractivity contribution in [2.24, 2.45) is 11.7 Å². The summed E-state index contributed by atoms with van der Waals surface area (Å²) >= 11 is 0. The maximum Gasteiger partial charge on any atom is 0.413 e. The molecule has 1 unspecified atom stereocenters. The number of rotatable bonds is 7. The van der Waals surface area contributed by atoms with Crippen LogP contribution in [0.25, 0.3) is 11.3 Å². The molecule has 1 atom stereocenters. The summed E-state index contributed by atoms with van der Waals surface area (Å²) in [5, 5.41) is 9.08. The first-order valence-electron chi connectivity index (χ1n) is 8.91. The fraction of sp³-hybridized carbons (Fsp3) is 0.450. The van der Waals surface area contributed by atoms with Crippen LogP contribution in [0.5, 0.6) is 5.75 Å². The third kappa shape index (κ3) is 5.65. The van der Waals surface area contributed by atoms with Gasteiger partial charge in [0.1, 0.15) is 12.4 Å². The summed E-state index contributed by atoms with van der Waals surface area (Å²) in [6.45, 7) is 8.68. The maximum atomic E-state index is 11.1. The summed E-state index contributed by atoms with van der Waals surface area (Å²) in [5.74, 6) is 1.41. The highest BCUT2D eigenvalue weighted by atomic mass is 16.5. The van der Waals surface area contributed by atoms with Crippen LogP contribution in [-0.2, 0) is 0 Å². The molecule has 0 spiro atoms. The lowest BCUT2D eigenvalue weighted by atomic mass is 9.93. The number of ether oxygens (including phenoxy) is 1. The summed E-state index contributed by atoms with van der Waals surface area (Å²) < 4.78 is 5.94. The van der Waals surface area contributed by atoms with E-state index in [-0.39, 0.29) is 11.5 Å². The molecule has 7 nitrogen and oxygen atoms in total. The largest absolute Gasteiger partial charge is 0.491 e. The monoisotopic (exact) mass is 372 g/mol. The molecule has 27 heavy (non-hydrogen) atoms. The van der Waals surface area contributed by atoms with Gasteiger partial charge in [0.05, 0.1) is 5.69 Å². The molecular weight excluding hydrogens is 344 g/mol. The molecule has 0 aliphatic carbocycles. The number of hydrogen-bond donors (Lipinski definition) is 2. The van der Waals surface area contributed by atoms with Crippen LogP contribution in [0.4, 0.5) is 10.7 Å². The topological polar surface area (TPSA) is 102 Å². The van der Waals surface area contributed by atoms with Gasteiger partial charge in [0.2, 0.25) is 5.95 Å². The van der Waals surface area contributed by atoms with Crippen molar-refractivity contribution in [2.45, 2.75) is 39.7 Å². The number of benzene rings is 1. The average Bonchev–Trinajstić information content (AvgIpc) is 2.59. The van der Waals surface area contributed by atoms with E-state index >= 15 is 0 Å². The molecule has 2 rings (SSSR count). The van der Waals surface area contributed by atoms with Gasteiger partial charge in [0.25, 0.3) is 0 Å². The minimum Gasteiger partial charge on any atom is -0.491 e. The molecule has 2 aromatic rings. The van der Waals surface area contributed by atoms with Crippen LogP contribution in [0.3, 0.4) is 0 Å². The number of anilines is 1. The molecule has 0 bridgehead atoms. The normalized spacial score (nSPS) is 13.3. The first kappa shape index (κ1) is 20.6. The van der Waals surface area contributed by atoms with E-state index in [1.807, 2.05) is 32.0 Å². The van der Waals surface area contributed by atoms with E-state index in [9.17, 15) is 4.79 Å². The maximum absolute atomic E-state index is 11.1. The van der Waals surface area contributed by atoms with Gasteiger partial charge in [-0.2, -0.15) is 0 Å². The molecule has 0 fully saturated rings. The Labute approximate surface area is 160 Å². The Balaban J connectivity index is 2.17. The number of nitrogens with two attached hydrogens (primary N) is 1. The van der Waals surface area contributed by atoms with Crippen LogP contribution in [0.15, 0.2) is 30.5 Å². The summed E-state index contributed by atoms with van der Waals surface area (Å²) in [4.78, 5) is 20.4. The number of aromatic nitrogens is 2. The SMILES string of the molecule is Cc1cc(-c2ccnc(N(C)C(=O)O)n2)ccc1OCC(C)(N)CC(C)C. The van der Waals surface area contributed by atoms with Gasteiger partial charge in [-0.05, 0) is 56.0 Å². The zero-order valence-electron chi connectivity index (χ0n) is 16.6. The Morgan fingerprint density at radius 2 is 2.07 bits per heavy atom. The standard InChI is InChI=1S/C20H28N4O3/c1-13(2)11-20(4,21)12-27-17-7-6-15(10-14(17)3)16-8-9-22-18(23-16)24(5)19(25)26/h6-10,13H,11-12,21H2,1-5H3,(H,25,26). The molecule has 0 saturated heterocycles. The van der Waals surface area contributed by atoms with Gasteiger partial charge in [0, 0.05) is 24.3 Å². The summed E-state index contributed by atoms with van der Waals surface area (Å²) in [6.07, 6.45) is 1.31. The van der Waals surface area contributed by atoms with Crippen LogP contribution < -0.4 is 15.4 Å². The highest BCUT2D eigenvalue weighted by molar-refractivity contribution is 5.83. The van der Waals surface area contributed by atoms with Gasteiger partial charge in [-0.3, -0.25) is 0 Å². The Morgan fingerprint density at radius 1 is 1.37 bits per heavy atom. The molecule has 0 radical (unpaired) electrons. The lowest BCUT2D eigenvalue weighted by Crippen LogP contribution is -2.43. The van der Waals surface area contributed by atoms with E-state index in [0.29, 0.717) is 18.2 Å². The van der Waals surface area contributed by atoms with E-state index in [2.05, 4.69) is 23.8 Å². The van der Waals surface area contributed by atoms with E-state index in [4.69, 9.17) is 15.6 Å². The Hall–Kier alpha value is -2.67. The van der Waals surface area contributed by atoms with E-state index in [1.165, 1.54) is 7.05 Å². The Bertz CT molecular complexity index is 806. The molecular formula is C20H28N4O3. The van der Waals surface area contributed by atoms with Crippen LogP contribution >= 0.6 is 0 Å². The van der Waals surface area contributed by atoms with Crippen molar-refractivity contribution >= 4 is 12.0 Å². The lowest BCUT2D eigenvalue weighted by molar-refractivity contribution is 0.203. The van der Waals surface area contributed by atoms with Gasteiger partial charge < -0.3 is 15.6 Å². The average molecular weight is 372 g/mol. The molecule has 3 N–H and O–H groups in total. The number of carboxylic acid groups (broad SMARTS) is 1. The molecule has 0 saturated carbocycles. The number of hydrogen-bond acceptors (Lipinski definition) is 5. The van der Waals surface area contributed by atoms with Gasteiger partial charge in [0.15, 0.2) is 0 Å². The zero-order chi connectivity index (χ0) is 20.2. The molecule has 1 heterocycles. The number of amides is 1. The minimum atomic E-state index is -1.11. The van der Waals surface area contributed by atoms with Crippen LogP contribution in [-0.4, -0.2) is 40.4 Å². The van der Waals surface area contributed by atoms with Crippen molar-refractivity contribution in [2.75, 3.05) is 18.6 Å². The number of aryl methyl sites for hydroxylation is 1. The second-order valence-corrected chi connectivity index (χ2v) is 7.60. The Morgan fingerprint density at radius 3 is 2.67 bits per heavy atom. The number of carbonyl (C=O) groups is 1. The van der Waals surface area contributed by atoms with Crippen LogP contribution in [0.2, 0.25) is 0 Å². The molecule has 1 aromatic heterocycles. The second kappa shape index (κ2) is 8.35. The van der Waals surface area contributed by atoms with Gasteiger partial charge in [-0.1, -0.05) is 13.8 Å². The van der Waals surface area contributed by atoms with E-state index < -0.39 is 6.09 Å². The highest BCUT2D eigenvalue weighted by Crippen LogP contribution is 2.27. The lowest BCUT2D eigenvalue weighted by Gasteiger charge is -2.27. The second-order valence-electron chi connectivity index (χ2n) is 7.60. The van der Waals surface area contributed by atoms with Crippen LogP contribution in [0, 0.1) is 12.8 Å². The van der Waals surface area contributed by atoms with Crippen molar-refractivity contribution in [1.29, 1.82) is 0 Å². The van der Waals surface area contributed by atoms with Gasteiger partial charge >= 0.3 is 6.09 Å². The smallest absolute Gasteiger partial charge is 0.413 e. The fourth-order valence-corrected chi connectivity index (χ4v) is 2.96. The van der Waals surface area contributed by atoms with Crippen LogP contribution in [0.1, 0.15) is 32.8 Å².